The van der Waals surface area contributed by atoms with Crippen molar-refractivity contribution >= 4 is 50.7 Å². The van der Waals surface area contributed by atoms with E-state index in [9.17, 15) is 18.0 Å². The number of sulfonamides is 1. The van der Waals surface area contributed by atoms with Crippen LogP contribution < -0.4 is 15.4 Å². The quantitative estimate of drug-likeness (QED) is 0.442. The Morgan fingerprint density at radius 2 is 1.97 bits per heavy atom. The molecule has 15 heteroatoms. The standard InChI is InChI=1S/C22H22Cl2N6O6S/c1-12-7-13(23)8-15(21(31)26-14-10-29(36-11-14)37(3,33)34)19(12)27-22(32)17-9-18(35-2)28-30(17)20-16(24)5-4-6-25-20/h4-9,14H,10-11H2,1-3H3,(H,26,31)(H,27,32). The molecule has 1 aromatic carbocycles. The van der Waals surface area contributed by atoms with Gasteiger partial charge in [0.25, 0.3) is 11.8 Å². The van der Waals surface area contributed by atoms with Gasteiger partial charge in [-0.1, -0.05) is 27.7 Å². The van der Waals surface area contributed by atoms with Crippen LogP contribution in [0.2, 0.25) is 10.0 Å². The van der Waals surface area contributed by atoms with Gasteiger partial charge in [0.05, 0.1) is 48.8 Å². The van der Waals surface area contributed by atoms with Crippen molar-refractivity contribution in [3.63, 3.8) is 0 Å². The first-order valence-electron chi connectivity index (χ1n) is 10.8. The van der Waals surface area contributed by atoms with Crippen molar-refractivity contribution < 1.29 is 27.6 Å². The van der Waals surface area contributed by atoms with Gasteiger partial charge in [0.1, 0.15) is 5.69 Å². The lowest BCUT2D eigenvalue weighted by molar-refractivity contribution is -0.0283. The molecule has 2 amide bonds. The third-order valence-electron chi connectivity index (χ3n) is 5.35. The molecule has 0 saturated carbocycles. The maximum absolute atomic E-state index is 13.4. The zero-order valence-corrected chi connectivity index (χ0v) is 22.2. The fourth-order valence-electron chi connectivity index (χ4n) is 3.62. The van der Waals surface area contributed by atoms with Gasteiger partial charge in [-0.15, -0.1) is 5.10 Å². The number of aryl methyl sites for hydroxylation is 1. The number of ether oxygens (including phenoxy) is 1. The third-order valence-corrected chi connectivity index (χ3v) is 6.85. The fraction of sp³-hybridized carbons (Fsp3) is 0.273. The van der Waals surface area contributed by atoms with Crippen molar-refractivity contribution in [2.45, 2.75) is 13.0 Å². The summed E-state index contributed by atoms with van der Waals surface area (Å²) < 4.78 is 30.6. The van der Waals surface area contributed by atoms with Crippen LogP contribution in [-0.2, 0) is 14.9 Å². The molecular formula is C22H22Cl2N6O6S. The molecule has 0 bridgehead atoms. The van der Waals surface area contributed by atoms with Gasteiger partial charge >= 0.3 is 0 Å². The summed E-state index contributed by atoms with van der Waals surface area (Å²) in [7, 11) is -2.19. The second-order valence-electron chi connectivity index (χ2n) is 8.11. The van der Waals surface area contributed by atoms with Gasteiger partial charge < -0.3 is 15.4 Å². The lowest BCUT2D eigenvalue weighted by Gasteiger charge is -2.17. The first kappa shape index (κ1) is 26.8. The summed E-state index contributed by atoms with van der Waals surface area (Å²) in [6.45, 7) is 1.58. The van der Waals surface area contributed by atoms with Gasteiger partial charge in [-0.3, -0.25) is 14.4 Å². The number of methoxy groups -OCH3 is 1. The first-order chi connectivity index (χ1) is 17.5. The Labute approximate surface area is 222 Å². The zero-order chi connectivity index (χ0) is 26.9. The summed E-state index contributed by atoms with van der Waals surface area (Å²) in [5.74, 6) is -0.845. The number of benzene rings is 1. The highest BCUT2D eigenvalue weighted by atomic mass is 35.5. The van der Waals surface area contributed by atoms with E-state index in [0.717, 1.165) is 10.7 Å². The molecule has 0 spiro atoms. The molecule has 1 unspecified atom stereocenters. The lowest BCUT2D eigenvalue weighted by atomic mass is 10.1. The number of anilines is 1. The SMILES string of the molecule is COc1cc(C(=O)Nc2c(C)cc(Cl)cc2C(=O)NC2CON(S(C)(=O)=O)C2)n(-c2ncccc2Cl)n1. The maximum atomic E-state index is 13.4. The number of hydrogen-bond donors (Lipinski definition) is 2. The average Bonchev–Trinajstić information content (AvgIpc) is 3.48. The minimum absolute atomic E-state index is 0.0378. The van der Waals surface area contributed by atoms with E-state index in [1.165, 1.54) is 30.1 Å². The van der Waals surface area contributed by atoms with Crippen molar-refractivity contribution in [3.05, 3.63) is 63.4 Å². The van der Waals surface area contributed by atoms with Gasteiger partial charge in [-0.25, -0.2) is 18.1 Å². The van der Waals surface area contributed by atoms with Crippen LogP contribution in [0, 0.1) is 6.92 Å². The first-order valence-corrected chi connectivity index (χ1v) is 13.4. The summed E-state index contributed by atoms with van der Waals surface area (Å²) in [6, 6.07) is 7.02. The van der Waals surface area contributed by atoms with Gasteiger partial charge in [-0.05, 0) is 36.8 Å². The highest BCUT2D eigenvalue weighted by molar-refractivity contribution is 7.88. The number of pyridine rings is 1. The van der Waals surface area contributed by atoms with Gasteiger partial charge in [0, 0.05) is 17.3 Å². The van der Waals surface area contributed by atoms with Crippen LogP contribution >= 0.6 is 23.2 Å². The number of amides is 2. The Bertz CT molecular complexity index is 1480. The Kier molecular flexibility index (Phi) is 7.71. The number of halogens is 2. The van der Waals surface area contributed by atoms with Crippen LogP contribution in [0.4, 0.5) is 5.69 Å². The van der Waals surface area contributed by atoms with E-state index in [2.05, 4.69) is 20.7 Å². The van der Waals surface area contributed by atoms with E-state index < -0.39 is 27.9 Å². The normalized spacial score (nSPS) is 16.0. The van der Waals surface area contributed by atoms with E-state index in [-0.39, 0.29) is 51.8 Å². The molecule has 37 heavy (non-hydrogen) atoms. The molecular weight excluding hydrogens is 547 g/mol. The van der Waals surface area contributed by atoms with Gasteiger partial charge in [0.15, 0.2) is 5.82 Å². The highest BCUT2D eigenvalue weighted by Gasteiger charge is 2.32. The van der Waals surface area contributed by atoms with Crippen LogP contribution in [0.5, 0.6) is 5.88 Å². The molecule has 3 aromatic rings. The van der Waals surface area contributed by atoms with Gasteiger partial charge in [0.2, 0.25) is 15.9 Å². The van der Waals surface area contributed by atoms with Crippen molar-refractivity contribution in [2.24, 2.45) is 0 Å². The molecule has 0 aliphatic carbocycles. The second kappa shape index (κ2) is 10.6. The van der Waals surface area contributed by atoms with E-state index in [1.807, 2.05) is 0 Å². The molecule has 1 aliphatic rings. The highest BCUT2D eigenvalue weighted by Crippen LogP contribution is 2.28. The van der Waals surface area contributed by atoms with Crippen molar-refractivity contribution in [3.8, 4) is 11.7 Å². The number of carbonyl (C=O) groups is 2. The number of carbonyl (C=O) groups excluding carboxylic acids is 2. The molecule has 0 radical (unpaired) electrons. The molecule has 2 N–H and O–H groups in total. The van der Waals surface area contributed by atoms with Crippen molar-refractivity contribution in [2.75, 3.05) is 31.8 Å². The summed E-state index contributed by atoms with van der Waals surface area (Å²) in [4.78, 5) is 35.9. The molecule has 1 saturated heterocycles. The van der Waals surface area contributed by atoms with E-state index in [4.69, 9.17) is 32.8 Å². The number of aromatic nitrogens is 3. The second-order valence-corrected chi connectivity index (χ2v) is 10.8. The lowest BCUT2D eigenvalue weighted by Crippen LogP contribution is -2.39. The smallest absolute Gasteiger partial charge is 0.274 e. The average molecular weight is 569 g/mol. The van der Waals surface area contributed by atoms with Gasteiger partial charge in [-0.2, -0.15) is 0 Å². The van der Waals surface area contributed by atoms with Crippen molar-refractivity contribution in [1.82, 2.24) is 24.5 Å². The number of nitrogens with zero attached hydrogens (tertiary/aromatic N) is 4. The summed E-state index contributed by atoms with van der Waals surface area (Å²) in [6.07, 6.45) is 2.50. The maximum Gasteiger partial charge on any atom is 0.274 e. The molecule has 12 nitrogen and oxygen atoms in total. The Morgan fingerprint density at radius 1 is 1.22 bits per heavy atom. The summed E-state index contributed by atoms with van der Waals surface area (Å²) >= 11 is 12.5. The van der Waals surface area contributed by atoms with E-state index in [0.29, 0.717) is 5.56 Å². The van der Waals surface area contributed by atoms with E-state index >= 15 is 0 Å². The molecule has 1 aliphatic heterocycles. The van der Waals surface area contributed by atoms with Crippen LogP contribution in [-0.4, -0.2) is 72.0 Å². The molecule has 196 valence electrons. The number of nitrogens with one attached hydrogen (secondary N) is 2. The topological polar surface area (TPSA) is 145 Å². The Morgan fingerprint density at radius 3 is 2.62 bits per heavy atom. The van der Waals surface area contributed by atoms with E-state index in [1.54, 1.807) is 25.1 Å². The minimum Gasteiger partial charge on any atom is -0.480 e. The van der Waals surface area contributed by atoms with Crippen LogP contribution in [0.15, 0.2) is 36.5 Å². The van der Waals surface area contributed by atoms with Crippen LogP contribution in [0.3, 0.4) is 0 Å². The summed E-state index contributed by atoms with van der Waals surface area (Å²) in [5, 5.41) is 10.2. The predicted octanol–water partition coefficient (Wildman–Crippen LogP) is 2.45. The largest absolute Gasteiger partial charge is 0.480 e. The Hall–Kier alpha value is -3.23. The number of hydrogen-bond acceptors (Lipinski definition) is 8. The molecule has 3 heterocycles. The van der Waals surface area contributed by atoms with Crippen LogP contribution in [0.25, 0.3) is 5.82 Å². The predicted molar refractivity (Wildman–Crippen MR) is 136 cm³/mol. The molecule has 1 atom stereocenters. The van der Waals surface area contributed by atoms with Crippen LogP contribution in [0.1, 0.15) is 26.4 Å². The number of rotatable bonds is 7. The summed E-state index contributed by atoms with van der Waals surface area (Å²) in [5.41, 5.74) is 0.834. The Balaban J connectivity index is 1.64. The zero-order valence-electron chi connectivity index (χ0n) is 19.9. The molecule has 4 rings (SSSR count). The minimum atomic E-state index is -3.59. The monoisotopic (exact) mass is 568 g/mol. The molecule has 2 aromatic heterocycles. The number of hydroxylamine groups is 1. The molecule has 1 fully saturated rings. The van der Waals surface area contributed by atoms with Crippen molar-refractivity contribution in [1.29, 1.82) is 0 Å². The third kappa shape index (κ3) is 5.86. The fourth-order valence-corrected chi connectivity index (χ4v) is 4.80.